The van der Waals surface area contributed by atoms with Gasteiger partial charge in [-0.3, -0.25) is 25.0 Å². The van der Waals surface area contributed by atoms with Crippen molar-refractivity contribution in [1.29, 1.82) is 0 Å². The third-order valence-corrected chi connectivity index (χ3v) is 8.18. The lowest BCUT2D eigenvalue weighted by Gasteiger charge is -2.40. The average Bonchev–Trinajstić information content (AvgIpc) is 3.16. The molecule has 0 spiro atoms. The largest absolute Gasteiger partial charge is 0.462 e. The fraction of sp³-hybridized carbons (Fsp3) is 0.630. The SMILES string of the molecule is CC(C)=CCC[C@]1(C)C[C@H]2[C@H](CC[C@@H]2C)[C@@H](COC(=O)c2cc([N+](=O)[O-])cc([N+](=O)[O-])c2)CCC1=O. The van der Waals surface area contributed by atoms with Crippen LogP contribution in [-0.4, -0.2) is 28.2 Å². The smallest absolute Gasteiger partial charge is 0.338 e. The Bertz CT molecular complexity index is 1030. The van der Waals surface area contributed by atoms with E-state index in [4.69, 9.17) is 4.74 Å². The number of carbonyl (C=O) groups excluding carboxylic acids is 2. The molecule has 3 rings (SSSR count). The van der Waals surface area contributed by atoms with E-state index in [1.54, 1.807) is 0 Å². The first-order valence-electron chi connectivity index (χ1n) is 12.7. The summed E-state index contributed by atoms with van der Waals surface area (Å²) >= 11 is 0. The van der Waals surface area contributed by atoms with Gasteiger partial charge in [0.1, 0.15) is 5.78 Å². The zero-order chi connectivity index (χ0) is 26.6. The second-order valence-corrected chi connectivity index (χ2v) is 11.0. The fourth-order valence-electron chi connectivity index (χ4n) is 6.03. The van der Waals surface area contributed by atoms with Gasteiger partial charge in [0.25, 0.3) is 11.4 Å². The van der Waals surface area contributed by atoms with Gasteiger partial charge in [0.05, 0.1) is 28.1 Å². The Morgan fingerprint density at radius 2 is 1.72 bits per heavy atom. The van der Waals surface area contributed by atoms with E-state index in [0.29, 0.717) is 30.6 Å². The number of rotatable bonds is 8. The third kappa shape index (κ3) is 6.36. The molecule has 0 unspecified atom stereocenters. The van der Waals surface area contributed by atoms with Crippen LogP contribution in [0.25, 0.3) is 0 Å². The van der Waals surface area contributed by atoms with Crippen molar-refractivity contribution in [2.24, 2.45) is 29.1 Å². The van der Waals surface area contributed by atoms with Gasteiger partial charge < -0.3 is 4.74 Å². The van der Waals surface area contributed by atoms with Crippen LogP contribution in [-0.2, 0) is 9.53 Å². The van der Waals surface area contributed by atoms with Crippen molar-refractivity contribution in [3.8, 4) is 0 Å². The number of ether oxygens (including phenoxy) is 1. The molecule has 2 aliphatic rings. The maximum Gasteiger partial charge on any atom is 0.338 e. The molecular formula is C27H36N2O7. The first-order valence-corrected chi connectivity index (χ1v) is 12.7. The van der Waals surface area contributed by atoms with E-state index in [-0.39, 0.29) is 29.3 Å². The number of nitro benzene ring substituents is 2. The maximum atomic E-state index is 13.3. The van der Waals surface area contributed by atoms with Crippen LogP contribution >= 0.6 is 0 Å². The van der Waals surface area contributed by atoms with Crippen LogP contribution in [0.1, 0.15) is 83.0 Å². The highest BCUT2D eigenvalue weighted by molar-refractivity contribution is 5.91. The number of non-ortho nitro benzene ring substituents is 2. The van der Waals surface area contributed by atoms with Crippen molar-refractivity contribution in [2.45, 2.75) is 72.6 Å². The molecule has 2 fully saturated rings. The molecule has 0 heterocycles. The Labute approximate surface area is 211 Å². The Morgan fingerprint density at radius 3 is 2.31 bits per heavy atom. The summed E-state index contributed by atoms with van der Waals surface area (Å²) in [6.07, 6.45) is 7.85. The summed E-state index contributed by atoms with van der Waals surface area (Å²) in [5.74, 6) is 0.582. The predicted molar refractivity (Wildman–Crippen MR) is 135 cm³/mol. The number of esters is 1. The zero-order valence-electron chi connectivity index (χ0n) is 21.5. The second-order valence-electron chi connectivity index (χ2n) is 11.0. The molecule has 0 radical (unpaired) electrons. The standard InChI is InChI=1S/C27H36N2O7/c1-17(2)6-5-11-27(4)15-24-18(3)7-9-23(24)19(8-10-25(27)30)16-36-26(31)20-12-21(28(32)33)14-22(13-20)29(34)35/h6,12-14,18-19,23-24H,5,7-11,15-16H2,1-4H3/t18-,19+,23+,24+,27+/m0/s1. The van der Waals surface area contributed by atoms with Gasteiger partial charge in [0.2, 0.25) is 0 Å². The van der Waals surface area contributed by atoms with Crippen LogP contribution in [0.15, 0.2) is 29.8 Å². The Morgan fingerprint density at radius 1 is 1.08 bits per heavy atom. The monoisotopic (exact) mass is 500 g/mol. The van der Waals surface area contributed by atoms with Crippen LogP contribution in [0.4, 0.5) is 11.4 Å². The summed E-state index contributed by atoms with van der Waals surface area (Å²) in [5, 5.41) is 22.3. The highest BCUT2D eigenvalue weighted by atomic mass is 16.6. The van der Waals surface area contributed by atoms with Crippen molar-refractivity contribution >= 4 is 23.1 Å². The van der Waals surface area contributed by atoms with Gasteiger partial charge in [-0.1, -0.05) is 31.9 Å². The fourth-order valence-corrected chi connectivity index (χ4v) is 6.03. The third-order valence-electron chi connectivity index (χ3n) is 8.18. The molecule has 1 aromatic rings. The highest BCUT2D eigenvalue weighted by Gasteiger charge is 2.46. The minimum atomic E-state index is -0.829. The topological polar surface area (TPSA) is 130 Å². The molecule has 0 amide bonds. The number of nitro groups is 2. The van der Waals surface area contributed by atoms with Gasteiger partial charge >= 0.3 is 5.97 Å². The molecular weight excluding hydrogens is 464 g/mol. The molecule has 1 aromatic carbocycles. The molecule has 9 heteroatoms. The summed E-state index contributed by atoms with van der Waals surface area (Å²) in [4.78, 5) is 46.8. The molecule has 196 valence electrons. The van der Waals surface area contributed by atoms with Crippen molar-refractivity contribution in [2.75, 3.05) is 6.61 Å². The number of allylic oxidation sites excluding steroid dienone is 2. The second kappa shape index (κ2) is 11.3. The number of carbonyl (C=O) groups is 2. The lowest BCUT2D eigenvalue weighted by atomic mass is 9.64. The van der Waals surface area contributed by atoms with Crippen LogP contribution < -0.4 is 0 Å². The Balaban J connectivity index is 1.75. The molecule has 36 heavy (non-hydrogen) atoms. The summed E-state index contributed by atoms with van der Waals surface area (Å²) < 4.78 is 5.55. The molecule has 0 saturated heterocycles. The van der Waals surface area contributed by atoms with Crippen LogP contribution in [0.5, 0.6) is 0 Å². The van der Waals surface area contributed by atoms with Gasteiger partial charge in [0.15, 0.2) is 0 Å². The maximum absolute atomic E-state index is 13.3. The summed E-state index contributed by atoms with van der Waals surface area (Å²) in [6.45, 7) is 8.56. The molecule has 0 aliphatic heterocycles. The summed E-state index contributed by atoms with van der Waals surface area (Å²) in [7, 11) is 0. The molecule has 9 nitrogen and oxygen atoms in total. The number of ketones is 1. The van der Waals surface area contributed by atoms with E-state index in [2.05, 4.69) is 33.8 Å². The molecule has 2 aliphatic carbocycles. The average molecular weight is 501 g/mol. The van der Waals surface area contributed by atoms with Gasteiger partial charge in [0, 0.05) is 24.0 Å². The summed E-state index contributed by atoms with van der Waals surface area (Å²) in [5.41, 5.74) is -0.410. The lowest BCUT2D eigenvalue weighted by Crippen LogP contribution is -2.38. The van der Waals surface area contributed by atoms with Gasteiger partial charge in [-0.15, -0.1) is 0 Å². The zero-order valence-corrected chi connectivity index (χ0v) is 21.5. The number of Topliss-reactive ketones (excluding diaryl/α,β-unsaturated/α-hetero) is 1. The Hall–Kier alpha value is -3.10. The number of hydrogen-bond donors (Lipinski definition) is 0. The van der Waals surface area contributed by atoms with Gasteiger partial charge in [-0.2, -0.15) is 0 Å². The van der Waals surface area contributed by atoms with E-state index >= 15 is 0 Å². The molecule has 5 atom stereocenters. The predicted octanol–water partition coefficient (Wildman–Crippen LogP) is 6.44. The highest BCUT2D eigenvalue weighted by Crippen LogP contribution is 2.51. The number of benzene rings is 1. The molecule has 0 bridgehead atoms. The van der Waals surface area contributed by atoms with Gasteiger partial charge in [-0.25, -0.2) is 4.79 Å². The minimum Gasteiger partial charge on any atom is -0.462 e. The summed E-state index contributed by atoms with van der Waals surface area (Å²) in [6, 6.07) is 2.81. The minimum absolute atomic E-state index is 0.00358. The Kier molecular flexibility index (Phi) is 8.63. The molecule has 0 N–H and O–H groups in total. The number of fused-ring (bicyclic) bond motifs is 1. The van der Waals surface area contributed by atoms with Crippen molar-refractivity contribution in [3.05, 3.63) is 55.6 Å². The van der Waals surface area contributed by atoms with Crippen molar-refractivity contribution < 1.29 is 24.2 Å². The van der Waals surface area contributed by atoms with Crippen molar-refractivity contribution in [3.63, 3.8) is 0 Å². The van der Waals surface area contributed by atoms with E-state index < -0.39 is 27.2 Å². The number of nitrogens with zero attached hydrogens (tertiary/aromatic N) is 2. The quantitative estimate of drug-likeness (QED) is 0.174. The molecule has 0 aromatic heterocycles. The first-order chi connectivity index (χ1) is 16.9. The van der Waals surface area contributed by atoms with Crippen LogP contribution in [0.3, 0.4) is 0 Å². The van der Waals surface area contributed by atoms with Gasteiger partial charge in [-0.05, 0) is 69.6 Å². The van der Waals surface area contributed by atoms with E-state index in [0.717, 1.165) is 50.3 Å². The lowest BCUT2D eigenvalue weighted by molar-refractivity contribution is -0.394. The van der Waals surface area contributed by atoms with Crippen LogP contribution in [0, 0.1) is 49.3 Å². The van der Waals surface area contributed by atoms with Crippen LogP contribution in [0.2, 0.25) is 0 Å². The van der Waals surface area contributed by atoms with Crippen molar-refractivity contribution in [1.82, 2.24) is 0 Å². The van der Waals surface area contributed by atoms with E-state index in [1.165, 1.54) is 5.57 Å². The van der Waals surface area contributed by atoms with E-state index in [1.807, 2.05) is 0 Å². The first kappa shape index (κ1) is 27.5. The molecule has 2 saturated carbocycles. The normalized spacial score (nSPS) is 27.9. The number of hydrogen-bond acceptors (Lipinski definition) is 7. The van der Waals surface area contributed by atoms with E-state index in [9.17, 15) is 29.8 Å².